The van der Waals surface area contributed by atoms with Crippen LogP contribution in [0.25, 0.3) is 0 Å². The van der Waals surface area contributed by atoms with Gasteiger partial charge in [0, 0.05) is 0 Å². The normalized spacial score (nSPS) is 11.4. The predicted molar refractivity (Wildman–Crippen MR) is 82.5 cm³/mol. The molecule has 5 heteroatoms. The molecule has 2 aromatic rings. The monoisotopic (exact) mass is 339 g/mol. The number of rotatable bonds is 6. The van der Waals surface area contributed by atoms with E-state index >= 15 is 0 Å². The summed E-state index contributed by atoms with van der Waals surface area (Å²) in [7, 11) is 0. The first-order valence-corrected chi connectivity index (χ1v) is 10.8. The van der Waals surface area contributed by atoms with E-state index in [1.165, 1.54) is 0 Å². The summed E-state index contributed by atoms with van der Waals surface area (Å²) in [6.45, 7) is 0. The van der Waals surface area contributed by atoms with Crippen molar-refractivity contribution in [2.24, 2.45) is 5.50 Å². The molecular formula is C14H18N3PSe. The standard InChI is InChI=1S/C14H18N3PSe/c15-18(19,11-7-13-5-1-3-9-16-13)12-8-14-6-2-4-10-17-14/h1-6,9-10H,7-8,11-12H2,(H2,15,19). The molecule has 0 spiro atoms. The van der Waals surface area contributed by atoms with Gasteiger partial charge in [-0.05, 0) is 0 Å². The van der Waals surface area contributed by atoms with Crippen LogP contribution in [0, 0.1) is 0 Å². The second-order valence-corrected chi connectivity index (χ2v) is 11.9. The summed E-state index contributed by atoms with van der Waals surface area (Å²) >= 11 is 3.23. The molecule has 0 amide bonds. The van der Waals surface area contributed by atoms with Crippen molar-refractivity contribution >= 4 is 20.8 Å². The van der Waals surface area contributed by atoms with Crippen LogP contribution in [0.1, 0.15) is 11.4 Å². The van der Waals surface area contributed by atoms with Gasteiger partial charge in [0.2, 0.25) is 0 Å². The fraction of sp³-hybridized carbons (Fsp3) is 0.286. The summed E-state index contributed by atoms with van der Waals surface area (Å²) in [5, 5.41) is 0. The van der Waals surface area contributed by atoms with Crippen LogP contribution in [0.3, 0.4) is 0 Å². The van der Waals surface area contributed by atoms with E-state index in [1.54, 1.807) is 0 Å². The molecule has 2 rings (SSSR count). The second-order valence-electron chi connectivity index (χ2n) is 4.54. The van der Waals surface area contributed by atoms with Crippen molar-refractivity contribution in [2.75, 3.05) is 12.3 Å². The van der Waals surface area contributed by atoms with Crippen molar-refractivity contribution in [3.05, 3.63) is 60.2 Å². The van der Waals surface area contributed by atoms with Gasteiger partial charge >= 0.3 is 122 Å². The van der Waals surface area contributed by atoms with Crippen LogP contribution < -0.4 is 5.50 Å². The maximum atomic E-state index is 6.41. The molecule has 0 aromatic carbocycles. The van der Waals surface area contributed by atoms with E-state index in [0.29, 0.717) is 0 Å². The van der Waals surface area contributed by atoms with Crippen molar-refractivity contribution in [2.45, 2.75) is 12.8 Å². The van der Waals surface area contributed by atoms with Crippen LogP contribution in [-0.2, 0) is 12.8 Å². The zero-order valence-electron chi connectivity index (χ0n) is 10.8. The van der Waals surface area contributed by atoms with Gasteiger partial charge in [0.05, 0.1) is 0 Å². The van der Waals surface area contributed by atoms with Gasteiger partial charge in [0.15, 0.2) is 0 Å². The molecule has 0 aliphatic rings. The van der Waals surface area contributed by atoms with Crippen LogP contribution in [0.4, 0.5) is 0 Å². The van der Waals surface area contributed by atoms with E-state index in [1.807, 2.05) is 36.7 Å². The third kappa shape index (κ3) is 5.38. The first-order valence-electron chi connectivity index (χ1n) is 6.32. The molecule has 0 fully saturated rings. The van der Waals surface area contributed by atoms with Gasteiger partial charge in [-0.25, -0.2) is 0 Å². The van der Waals surface area contributed by atoms with Gasteiger partial charge in [-0.1, -0.05) is 0 Å². The molecule has 2 aromatic heterocycles. The Bertz CT molecular complexity index is 498. The summed E-state index contributed by atoms with van der Waals surface area (Å²) in [6.07, 6.45) is 7.55. The Morgan fingerprint density at radius 3 is 1.74 bits per heavy atom. The second kappa shape index (κ2) is 7.12. The summed E-state index contributed by atoms with van der Waals surface area (Å²) in [5.41, 5.74) is 7.17. The first-order chi connectivity index (χ1) is 9.16. The SMILES string of the molecule is NP(=[Se])(CCc1ccccn1)CCc1ccccn1. The van der Waals surface area contributed by atoms with Crippen LogP contribution in [0.2, 0.25) is 0 Å². The number of nitrogens with two attached hydrogens (primary N) is 1. The van der Waals surface area contributed by atoms with Gasteiger partial charge in [-0.15, -0.1) is 0 Å². The zero-order chi connectivity index (χ0) is 13.6. The van der Waals surface area contributed by atoms with Gasteiger partial charge in [0.1, 0.15) is 0 Å². The Kier molecular flexibility index (Phi) is 5.47. The summed E-state index contributed by atoms with van der Waals surface area (Å²) < 4.78 is 0. The van der Waals surface area contributed by atoms with Crippen LogP contribution in [0.15, 0.2) is 48.8 Å². The number of pyridine rings is 2. The van der Waals surface area contributed by atoms with E-state index < -0.39 is 5.66 Å². The Morgan fingerprint density at radius 1 is 0.895 bits per heavy atom. The van der Waals surface area contributed by atoms with Crippen LogP contribution in [-0.4, -0.2) is 37.4 Å². The predicted octanol–water partition coefficient (Wildman–Crippen LogP) is 2.24. The molecule has 2 N–H and O–H groups in total. The molecule has 0 bridgehead atoms. The molecule has 0 atom stereocenters. The molecular weight excluding hydrogens is 320 g/mol. The molecule has 0 radical (unpaired) electrons. The van der Waals surface area contributed by atoms with Crippen molar-refractivity contribution in [1.29, 1.82) is 0 Å². The van der Waals surface area contributed by atoms with Crippen molar-refractivity contribution < 1.29 is 0 Å². The minimum absolute atomic E-state index is 0.945. The third-order valence-corrected chi connectivity index (χ3v) is 7.20. The quantitative estimate of drug-likeness (QED) is 0.649. The van der Waals surface area contributed by atoms with Gasteiger partial charge in [-0.3, -0.25) is 0 Å². The Hall–Kier alpha value is -0.791. The number of nitrogens with zero attached hydrogens (tertiary/aromatic N) is 2. The Morgan fingerprint density at radius 2 is 1.37 bits per heavy atom. The van der Waals surface area contributed by atoms with Crippen molar-refractivity contribution in [1.82, 2.24) is 9.97 Å². The Labute approximate surface area is 121 Å². The molecule has 0 unspecified atom stereocenters. The zero-order valence-corrected chi connectivity index (χ0v) is 13.4. The third-order valence-electron chi connectivity index (χ3n) is 2.95. The topological polar surface area (TPSA) is 51.8 Å². The molecule has 3 nitrogen and oxygen atoms in total. The molecule has 19 heavy (non-hydrogen) atoms. The van der Waals surface area contributed by atoms with Crippen molar-refractivity contribution in [3.63, 3.8) is 0 Å². The number of aryl methyl sites for hydroxylation is 2. The summed E-state index contributed by atoms with van der Waals surface area (Å²) in [6, 6.07) is 12.0. The van der Waals surface area contributed by atoms with E-state index in [2.05, 4.69) is 37.2 Å². The fourth-order valence-electron chi connectivity index (χ4n) is 1.81. The van der Waals surface area contributed by atoms with Crippen LogP contribution >= 0.6 is 5.66 Å². The average Bonchev–Trinajstić information content (AvgIpc) is 2.46. The molecule has 100 valence electrons. The molecule has 0 aliphatic heterocycles. The maximum absolute atomic E-state index is 6.41. The van der Waals surface area contributed by atoms with E-state index in [4.69, 9.17) is 5.50 Å². The molecule has 0 aliphatic carbocycles. The molecule has 0 saturated carbocycles. The molecule has 2 heterocycles. The van der Waals surface area contributed by atoms with Crippen LogP contribution in [0.5, 0.6) is 0 Å². The van der Waals surface area contributed by atoms with E-state index in [-0.39, 0.29) is 0 Å². The van der Waals surface area contributed by atoms with Gasteiger partial charge in [0.25, 0.3) is 0 Å². The number of aromatic nitrogens is 2. The first kappa shape index (κ1) is 14.6. The summed E-state index contributed by atoms with van der Waals surface area (Å²) in [5.74, 6) is 0. The van der Waals surface area contributed by atoms with Gasteiger partial charge in [-0.2, -0.15) is 0 Å². The fourth-order valence-corrected chi connectivity index (χ4v) is 4.40. The van der Waals surface area contributed by atoms with E-state index in [0.717, 1.165) is 36.6 Å². The van der Waals surface area contributed by atoms with Crippen molar-refractivity contribution in [3.8, 4) is 0 Å². The minimum atomic E-state index is -1.48. The molecule has 0 saturated heterocycles. The van der Waals surface area contributed by atoms with E-state index in [9.17, 15) is 0 Å². The van der Waals surface area contributed by atoms with Gasteiger partial charge < -0.3 is 0 Å². The number of hydrogen-bond acceptors (Lipinski definition) is 3. The average molecular weight is 338 g/mol. The summed E-state index contributed by atoms with van der Waals surface area (Å²) in [4.78, 5) is 8.67. The Balaban J connectivity index is 1.84. The number of hydrogen-bond donors (Lipinski definition) is 1.